The molecular formula is C11H14N2O5. The minimum atomic E-state index is -0.748. The van der Waals surface area contributed by atoms with Gasteiger partial charge >= 0.3 is 0 Å². The van der Waals surface area contributed by atoms with Crippen LogP contribution >= 0.6 is 0 Å². The molecule has 7 nitrogen and oxygen atoms in total. The molecule has 0 fully saturated rings. The SMILES string of the molecule is O=Cc1nc(CCOC/C=C\CO)[nH]c(=O)c1O. The van der Waals surface area contributed by atoms with Crippen molar-refractivity contribution in [3.63, 3.8) is 0 Å². The van der Waals surface area contributed by atoms with Crippen LogP contribution in [-0.4, -0.2) is 46.3 Å². The quantitative estimate of drug-likeness (QED) is 0.340. The van der Waals surface area contributed by atoms with E-state index >= 15 is 0 Å². The summed E-state index contributed by atoms with van der Waals surface area (Å²) in [7, 11) is 0. The molecule has 0 bridgehead atoms. The first-order valence-corrected chi connectivity index (χ1v) is 5.30. The zero-order chi connectivity index (χ0) is 13.4. The molecule has 0 unspecified atom stereocenters. The number of hydrogen-bond donors (Lipinski definition) is 3. The second-order valence-corrected chi connectivity index (χ2v) is 3.34. The highest BCUT2D eigenvalue weighted by molar-refractivity contribution is 5.75. The fourth-order valence-electron chi connectivity index (χ4n) is 1.20. The Morgan fingerprint density at radius 1 is 1.39 bits per heavy atom. The predicted molar refractivity (Wildman–Crippen MR) is 62.7 cm³/mol. The van der Waals surface area contributed by atoms with Gasteiger partial charge in [-0.1, -0.05) is 12.2 Å². The van der Waals surface area contributed by atoms with Gasteiger partial charge in [-0.05, 0) is 0 Å². The van der Waals surface area contributed by atoms with Crippen LogP contribution in [0.3, 0.4) is 0 Å². The van der Waals surface area contributed by atoms with Crippen LogP contribution < -0.4 is 5.56 Å². The maximum absolute atomic E-state index is 11.2. The molecule has 1 heterocycles. The van der Waals surface area contributed by atoms with Crippen molar-refractivity contribution >= 4 is 6.29 Å². The number of carbonyl (C=O) groups excluding carboxylic acids is 1. The van der Waals surface area contributed by atoms with E-state index in [0.29, 0.717) is 25.9 Å². The van der Waals surface area contributed by atoms with Crippen molar-refractivity contribution in [2.75, 3.05) is 19.8 Å². The monoisotopic (exact) mass is 254 g/mol. The predicted octanol–water partition coefficient (Wildman–Crippen LogP) is -0.604. The molecular weight excluding hydrogens is 240 g/mol. The van der Waals surface area contributed by atoms with Crippen LogP contribution in [0.4, 0.5) is 0 Å². The number of nitrogens with zero attached hydrogens (tertiary/aromatic N) is 1. The molecule has 1 rings (SSSR count). The third-order valence-corrected chi connectivity index (χ3v) is 2.05. The summed E-state index contributed by atoms with van der Waals surface area (Å²) >= 11 is 0. The minimum Gasteiger partial charge on any atom is -0.501 e. The fraction of sp³-hybridized carbons (Fsp3) is 0.364. The Kier molecular flexibility index (Phi) is 5.75. The van der Waals surface area contributed by atoms with Crippen LogP contribution in [0.1, 0.15) is 16.3 Å². The van der Waals surface area contributed by atoms with E-state index in [1.807, 2.05) is 0 Å². The highest BCUT2D eigenvalue weighted by atomic mass is 16.5. The van der Waals surface area contributed by atoms with E-state index in [9.17, 15) is 14.7 Å². The average Bonchev–Trinajstić information content (AvgIpc) is 2.37. The van der Waals surface area contributed by atoms with Crippen molar-refractivity contribution in [1.29, 1.82) is 0 Å². The number of nitrogens with one attached hydrogen (secondary N) is 1. The van der Waals surface area contributed by atoms with Gasteiger partial charge in [0.25, 0.3) is 5.56 Å². The summed E-state index contributed by atoms with van der Waals surface area (Å²) in [6.07, 6.45) is 3.83. The molecule has 98 valence electrons. The molecule has 0 saturated carbocycles. The van der Waals surface area contributed by atoms with Gasteiger partial charge in [0.05, 0.1) is 19.8 Å². The summed E-state index contributed by atoms with van der Waals surface area (Å²) in [6, 6.07) is 0. The molecule has 1 aromatic rings. The molecule has 0 aliphatic heterocycles. The van der Waals surface area contributed by atoms with Crippen molar-refractivity contribution in [2.24, 2.45) is 0 Å². The van der Waals surface area contributed by atoms with Crippen LogP contribution in [0.2, 0.25) is 0 Å². The van der Waals surface area contributed by atoms with E-state index < -0.39 is 11.3 Å². The van der Waals surface area contributed by atoms with E-state index in [0.717, 1.165) is 0 Å². The molecule has 0 aliphatic rings. The van der Waals surface area contributed by atoms with Crippen LogP contribution in [0.15, 0.2) is 16.9 Å². The van der Waals surface area contributed by atoms with Gasteiger partial charge in [0.1, 0.15) is 5.82 Å². The summed E-state index contributed by atoms with van der Waals surface area (Å²) in [6.45, 7) is 0.587. The second kappa shape index (κ2) is 7.36. The zero-order valence-corrected chi connectivity index (χ0v) is 9.63. The molecule has 18 heavy (non-hydrogen) atoms. The second-order valence-electron chi connectivity index (χ2n) is 3.34. The van der Waals surface area contributed by atoms with Gasteiger partial charge in [-0.3, -0.25) is 9.59 Å². The van der Waals surface area contributed by atoms with Gasteiger partial charge < -0.3 is 19.9 Å². The molecule has 0 spiro atoms. The third kappa shape index (κ3) is 4.11. The van der Waals surface area contributed by atoms with Gasteiger partial charge in [0.15, 0.2) is 12.0 Å². The smallest absolute Gasteiger partial charge is 0.293 e. The Morgan fingerprint density at radius 3 is 2.83 bits per heavy atom. The van der Waals surface area contributed by atoms with Gasteiger partial charge in [-0.15, -0.1) is 0 Å². The molecule has 0 radical (unpaired) electrons. The summed E-state index contributed by atoms with van der Waals surface area (Å²) in [5.41, 5.74) is -1.03. The average molecular weight is 254 g/mol. The fourth-order valence-corrected chi connectivity index (χ4v) is 1.20. The maximum atomic E-state index is 11.2. The lowest BCUT2D eigenvalue weighted by atomic mass is 10.3. The lowest BCUT2D eigenvalue weighted by Crippen LogP contribution is -2.15. The first-order chi connectivity index (χ1) is 8.69. The van der Waals surface area contributed by atoms with Crippen molar-refractivity contribution in [2.45, 2.75) is 6.42 Å². The number of carbonyl (C=O) groups is 1. The van der Waals surface area contributed by atoms with E-state index in [-0.39, 0.29) is 18.1 Å². The van der Waals surface area contributed by atoms with Gasteiger partial charge in [-0.25, -0.2) is 4.98 Å². The molecule has 0 atom stereocenters. The summed E-state index contributed by atoms with van der Waals surface area (Å²) in [5, 5.41) is 17.7. The number of hydrogen-bond acceptors (Lipinski definition) is 6. The third-order valence-electron chi connectivity index (χ3n) is 2.05. The number of aromatic nitrogens is 2. The van der Waals surface area contributed by atoms with Crippen LogP contribution in [0.5, 0.6) is 5.75 Å². The Labute approximate surface area is 103 Å². The van der Waals surface area contributed by atoms with Crippen molar-refractivity contribution < 1.29 is 19.7 Å². The number of rotatable bonds is 7. The number of aliphatic hydroxyl groups excluding tert-OH is 1. The van der Waals surface area contributed by atoms with Gasteiger partial charge in [-0.2, -0.15) is 0 Å². The Balaban J connectivity index is 2.53. The van der Waals surface area contributed by atoms with Crippen LogP contribution in [0.25, 0.3) is 0 Å². The number of aromatic hydroxyl groups is 1. The van der Waals surface area contributed by atoms with E-state index in [1.165, 1.54) is 0 Å². The molecule has 7 heteroatoms. The summed E-state index contributed by atoms with van der Waals surface area (Å²) < 4.78 is 5.17. The minimum absolute atomic E-state index is 0.0428. The molecule has 0 aromatic carbocycles. The van der Waals surface area contributed by atoms with Crippen molar-refractivity contribution in [3.8, 4) is 5.75 Å². The highest BCUT2D eigenvalue weighted by Gasteiger charge is 2.08. The van der Waals surface area contributed by atoms with E-state index in [1.54, 1.807) is 12.2 Å². The Bertz CT molecular complexity index is 481. The normalized spacial score (nSPS) is 10.9. The lowest BCUT2D eigenvalue weighted by molar-refractivity contribution is 0.111. The van der Waals surface area contributed by atoms with Crippen LogP contribution in [0, 0.1) is 0 Å². The molecule has 1 aromatic heterocycles. The zero-order valence-electron chi connectivity index (χ0n) is 9.63. The van der Waals surface area contributed by atoms with Crippen molar-refractivity contribution in [1.82, 2.24) is 9.97 Å². The maximum Gasteiger partial charge on any atom is 0.293 e. The van der Waals surface area contributed by atoms with E-state index in [2.05, 4.69) is 9.97 Å². The number of aldehydes is 1. The summed E-state index contributed by atoms with van der Waals surface area (Å²) in [5.74, 6) is -0.411. The topological polar surface area (TPSA) is 113 Å². The van der Waals surface area contributed by atoms with Crippen molar-refractivity contribution in [3.05, 3.63) is 34.0 Å². The first-order valence-electron chi connectivity index (χ1n) is 5.30. The molecule has 3 N–H and O–H groups in total. The molecule has 0 aliphatic carbocycles. The molecule has 0 saturated heterocycles. The highest BCUT2D eigenvalue weighted by Crippen LogP contribution is 2.04. The number of aromatic amines is 1. The van der Waals surface area contributed by atoms with Gasteiger partial charge in [0.2, 0.25) is 5.75 Å². The number of aliphatic hydroxyl groups is 1. The largest absolute Gasteiger partial charge is 0.501 e. The lowest BCUT2D eigenvalue weighted by Gasteiger charge is -2.03. The standard InChI is InChI=1S/C11H14N2O5/c14-4-1-2-5-18-6-3-9-12-8(7-15)10(16)11(17)13-9/h1-2,7,14,16H,3-6H2,(H,12,13,17)/b2-1-. The molecule has 0 amide bonds. The van der Waals surface area contributed by atoms with E-state index in [4.69, 9.17) is 9.84 Å². The Hall–Kier alpha value is -1.99. The first kappa shape index (κ1) is 14.1. The summed E-state index contributed by atoms with van der Waals surface area (Å²) in [4.78, 5) is 27.9. The number of H-pyrrole nitrogens is 1. The van der Waals surface area contributed by atoms with Crippen LogP contribution in [-0.2, 0) is 11.2 Å². The van der Waals surface area contributed by atoms with Gasteiger partial charge in [0, 0.05) is 6.42 Å². The Morgan fingerprint density at radius 2 is 2.17 bits per heavy atom. The number of ether oxygens (including phenoxy) is 1.